The van der Waals surface area contributed by atoms with Gasteiger partial charge in [-0.1, -0.05) is 31.5 Å². The number of hydrogen-bond acceptors (Lipinski definition) is 8. The zero-order valence-electron chi connectivity index (χ0n) is 22.4. The van der Waals surface area contributed by atoms with Crippen LogP contribution in [0.25, 0.3) is 22.3 Å². The van der Waals surface area contributed by atoms with Gasteiger partial charge in [-0.2, -0.15) is 0 Å². The molecule has 1 aliphatic heterocycles. The van der Waals surface area contributed by atoms with Gasteiger partial charge in [0.25, 0.3) is 5.91 Å². The van der Waals surface area contributed by atoms with Gasteiger partial charge in [-0.15, -0.1) is 0 Å². The first kappa shape index (κ1) is 27.9. The van der Waals surface area contributed by atoms with Crippen molar-refractivity contribution >= 4 is 44.1 Å². The van der Waals surface area contributed by atoms with Crippen LogP contribution in [0, 0.1) is 11.8 Å². The van der Waals surface area contributed by atoms with Crippen molar-refractivity contribution in [2.45, 2.75) is 31.4 Å². The molecular formula is C29H30ClN5O4S. The summed E-state index contributed by atoms with van der Waals surface area (Å²) in [5.74, 6) is 0.689. The van der Waals surface area contributed by atoms with E-state index in [0.717, 1.165) is 36.2 Å². The van der Waals surface area contributed by atoms with E-state index < -0.39 is 15.7 Å². The number of anilines is 1. The molecule has 208 valence electrons. The lowest BCUT2D eigenvalue weighted by Crippen LogP contribution is -2.47. The number of rotatable bonds is 6. The fraction of sp³-hybridized carbons (Fsp3) is 0.310. The van der Waals surface area contributed by atoms with Crippen LogP contribution in [0.4, 0.5) is 5.82 Å². The quantitative estimate of drug-likeness (QED) is 0.349. The second kappa shape index (κ2) is 11.1. The van der Waals surface area contributed by atoms with Gasteiger partial charge in [-0.05, 0) is 60.4 Å². The van der Waals surface area contributed by atoms with Gasteiger partial charge in [-0.3, -0.25) is 9.78 Å². The number of sulfone groups is 1. The number of amides is 1. The molecule has 2 N–H and O–H groups in total. The first-order valence-electron chi connectivity index (χ1n) is 12.9. The van der Waals surface area contributed by atoms with E-state index in [1.807, 2.05) is 30.3 Å². The maximum absolute atomic E-state index is 12.7. The number of aromatic nitrogens is 3. The Morgan fingerprint density at radius 3 is 2.50 bits per heavy atom. The lowest BCUT2D eigenvalue weighted by Gasteiger charge is -2.39. The molecule has 0 saturated carbocycles. The van der Waals surface area contributed by atoms with Gasteiger partial charge >= 0.3 is 0 Å². The van der Waals surface area contributed by atoms with Crippen LogP contribution < -0.4 is 10.2 Å². The fourth-order valence-electron chi connectivity index (χ4n) is 4.95. The van der Waals surface area contributed by atoms with Gasteiger partial charge < -0.3 is 15.3 Å². The second-order valence-corrected chi connectivity index (χ2v) is 12.9. The summed E-state index contributed by atoms with van der Waals surface area (Å²) in [5.41, 5.74) is 2.88. The molecule has 11 heteroatoms. The minimum Gasteiger partial charge on any atom is -0.392 e. The van der Waals surface area contributed by atoms with E-state index in [9.17, 15) is 18.3 Å². The molecule has 1 aliphatic rings. The molecule has 40 heavy (non-hydrogen) atoms. The van der Waals surface area contributed by atoms with Crippen molar-refractivity contribution in [3.05, 3.63) is 77.1 Å². The number of carbonyl (C=O) groups excluding carboxylic acids is 1. The van der Waals surface area contributed by atoms with E-state index in [4.69, 9.17) is 21.6 Å². The molecule has 4 aromatic rings. The maximum Gasteiger partial charge on any atom is 0.251 e. The first-order chi connectivity index (χ1) is 19.0. The molecule has 1 saturated heterocycles. The van der Waals surface area contributed by atoms with Crippen molar-refractivity contribution in [1.82, 2.24) is 20.3 Å². The summed E-state index contributed by atoms with van der Waals surface area (Å²) in [4.78, 5) is 29.0. The molecule has 1 aromatic carbocycles. The normalized spacial score (nSPS) is 19.5. The highest BCUT2D eigenvalue weighted by Crippen LogP contribution is 2.28. The summed E-state index contributed by atoms with van der Waals surface area (Å²) >= 11 is 6.04. The number of pyridine rings is 3. The van der Waals surface area contributed by atoms with E-state index in [1.54, 1.807) is 12.3 Å². The van der Waals surface area contributed by atoms with Crippen LogP contribution in [0.15, 0.2) is 65.7 Å². The average molecular weight is 580 g/mol. The Kier molecular flexibility index (Phi) is 7.76. The Morgan fingerprint density at radius 2 is 1.77 bits per heavy atom. The van der Waals surface area contributed by atoms with E-state index in [2.05, 4.69) is 29.0 Å². The first-order valence-corrected chi connectivity index (χ1v) is 15.2. The number of benzene rings is 1. The zero-order valence-corrected chi connectivity index (χ0v) is 23.9. The lowest BCUT2D eigenvalue weighted by molar-refractivity contribution is 0.0527. The molecule has 1 fully saturated rings. The Balaban J connectivity index is 1.34. The Hall–Kier alpha value is -3.60. The summed E-state index contributed by atoms with van der Waals surface area (Å²) < 4.78 is 23.8. The van der Waals surface area contributed by atoms with E-state index in [1.165, 1.54) is 18.2 Å². The topological polar surface area (TPSA) is 125 Å². The third-order valence-electron chi connectivity index (χ3n) is 7.13. The van der Waals surface area contributed by atoms with Crippen molar-refractivity contribution in [3.8, 4) is 11.4 Å². The van der Waals surface area contributed by atoms with Gasteiger partial charge in [-0.25, -0.2) is 18.4 Å². The Morgan fingerprint density at radius 1 is 1.05 bits per heavy atom. The molecule has 4 heterocycles. The fourth-order valence-corrected chi connectivity index (χ4v) is 5.94. The highest BCUT2D eigenvalue weighted by molar-refractivity contribution is 7.90. The number of nitrogens with zero attached hydrogens (tertiary/aromatic N) is 4. The molecule has 0 bridgehead atoms. The average Bonchev–Trinajstić information content (AvgIpc) is 2.93. The van der Waals surface area contributed by atoms with Crippen molar-refractivity contribution < 1.29 is 18.3 Å². The van der Waals surface area contributed by atoms with Crippen LogP contribution in [-0.4, -0.2) is 59.8 Å². The lowest BCUT2D eigenvalue weighted by atomic mass is 9.88. The molecular weight excluding hydrogens is 550 g/mol. The van der Waals surface area contributed by atoms with Gasteiger partial charge in [0.2, 0.25) is 0 Å². The highest BCUT2D eigenvalue weighted by Gasteiger charge is 2.31. The molecule has 1 amide bonds. The monoisotopic (exact) mass is 579 g/mol. The van der Waals surface area contributed by atoms with Crippen LogP contribution >= 0.6 is 11.6 Å². The summed E-state index contributed by atoms with van der Waals surface area (Å²) in [6.07, 6.45) is 2.44. The number of hydrogen-bond donors (Lipinski definition) is 2. The van der Waals surface area contributed by atoms with Crippen LogP contribution in [0.2, 0.25) is 5.02 Å². The van der Waals surface area contributed by atoms with Gasteiger partial charge in [0.15, 0.2) is 9.84 Å². The number of halogens is 1. The maximum atomic E-state index is 12.7. The third kappa shape index (κ3) is 6.09. The Bertz CT molecular complexity index is 1690. The number of carbonyl (C=O) groups is 1. The Labute approximate surface area is 238 Å². The molecule has 9 nitrogen and oxygen atoms in total. The van der Waals surface area contributed by atoms with Crippen LogP contribution in [0.5, 0.6) is 0 Å². The van der Waals surface area contributed by atoms with Gasteiger partial charge in [0.1, 0.15) is 5.82 Å². The summed E-state index contributed by atoms with van der Waals surface area (Å²) in [6.45, 7) is 5.69. The van der Waals surface area contributed by atoms with Crippen molar-refractivity contribution in [2.75, 3.05) is 24.2 Å². The van der Waals surface area contributed by atoms with Crippen molar-refractivity contribution in [1.29, 1.82) is 0 Å². The van der Waals surface area contributed by atoms with E-state index in [-0.39, 0.29) is 40.0 Å². The molecule has 0 aliphatic carbocycles. The van der Waals surface area contributed by atoms with Crippen LogP contribution in [0.1, 0.15) is 29.9 Å². The number of piperidine rings is 1. The predicted octanol–water partition coefficient (Wildman–Crippen LogP) is 4.13. The summed E-state index contributed by atoms with van der Waals surface area (Å²) in [6, 6.07) is 15.5. The number of aliphatic hydroxyl groups is 1. The second-order valence-electron chi connectivity index (χ2n) is 10.4. The molecule has 3 atom stereocenters. The third-order valence-corrected chi connectivity index (χ3v) is 8.44. The van der Waals surface area contributed by atoms with E-state index >= 15 is 0 Å². The van der Waals surface area contributed by atoms with E-state index in [0.29, 0.717) is 16.9 Å². The standard InChI is InChI=1S/C29H30ClN5O4S/c1-17-15-35(16-18(2)28(17)36)27-6-4-5-24(34-27)25-8-7-19-13-31-22(12-26(19)33-25)14-32-29(37)20-9-21(30)11-23(10-20)40(3,38)39/h4-13,17-18,28,36H,14-16H2,1-3H3,(H,32,37)/t17-,18+,28?. The van der Waals surface area contributed by atoms with Gasteiger partial charge in [0.05, 0.1) is 40.1 Å². The summed E-state index contributed by atoms with van der Waals surface area (Å²) in [7, 11) is -3.52. The van der Waals surface area contributed by atoms with Crippen LogP contribution in [-0.2, 0) is 16.4 Å². The van der Waals surface area contributed by atoms with Crippen molar-refractivity contribution in [2.24, 2.45) is 11.8 Å². The number of nitrogens with one attached hydrogen (secondary N) is 1. The molecule has 0 spiro atoms. The predicted molar refractivity (Wildman–Crippen MR) is 155 cm³/mol. The minimum atomic E-state index is -3.52. The van der Waals surface area contributed by atoms with Crippen LogP contribution in [0.3, 0.4) is 0 Å². The van der Waals surface area contributed by atoms with Gasteiger partial charge in [0, 0.05) is 41.5 Å². The number of fused-ring (bicyclic) bond motifs is 1. The molecule has 0 radical (unpaired) electrons. The highest BCUT2D eigenvalue weighted by atomic mass is 35.5. The van der Waals surface area contributed by atoms with Crippen molar-refractivity contribution in [3.63, 3.8) is 0 Å². The number of aliphatic hydroxyl groups excluding tert-OH is 1. The molecule has 3 aromatic heterocycles. The minimum absolute atomic E-state index is 0.0229. The summed E-state index contributed by atoms with van der Waals surface area (Å²) in [5, 5.41) is 14.1. The zero-order chi connectivity index (χ0) is 28.6. The SMILES string of the molecule is C[C@@H]1CN(c2cccc(-c3ccc4cnc(CNC(=O)c5cc(Cl)cc(S(C)(=O)=O)c5)cc4n3)n2)C[C@H](C)C1O. The molecule has 5 rings (SSSR count). The largest absolute Gasteiger partial charge is 0.392 e. The smallest absolute Gasteiger partial charge is 0.251 e. The molecule has 1 unspecified atom stereocenters.